The molecule has 0 fully saturated rings. The van der Waals surface area contributed by atoms with Crippen LogP contribution in [0.5, 0.6) is 0 Å². The highest BCUT2D eigenvalue weighted by molar-refractivity contribution is 7.98. The van der Waals surface area contributed by atoms with E-state index in [2.05, 4.69) is 5.16 Å². The van der Waals surface area contributed by atoms with E-state index in [4.69, 9.17) is 44.6 Å². The molecular formula is C20H14Cl3N3OS2. The molecule has 0 N–H and O–H groups in total. The summed E-state index contributed by atoms with van der Waals surface area (Å²) in [5, 5.41) is 8.87. The Morgan fingerprint density at radius 2 is 1.90 bits per heavy atom. The highest BCUT2D eigenvalue weighted by Gasteiger charge is 2.12. The van der Waals surface area contributed by atoms with Gasteiger partial charge in [-0.1, -0.05) is 69.9 Å². The maximum Gasteiger partial charge on any atom is 0.195 e. The second-order valence-electron chi connectivity index (χ2n) is 6.02. The third kappa shape index (κ3) is 5.08. The van der Waals surface area contributed by atoms with Crippen molar-refractivity contribution in [1.82, 2.24) is 9.38 Å². The predicted octanol–water partition coefficient (Wildman–Crippen LogP) is 7.20. The highest BCUT2D eigenvalue weighted by Crippen LogP contribution is 2.28. The van der Waals surface area contributed by atoms with E-state index in [9.17, 15) is 0 Å². The van der Waals surface area contributed by atoms with Gasteiger partial charge < -0.3 is 4.84 Å². The van der Waals surface area contributed by atoms with E-state index < -0.39 is 0 Å². The van der Waals surface area contributed by atoms with Crippen LogP contribution in [0.1, 0.15) is 16.8 Å². The first-order valence-electron chi connectivity index (χ1n) is 8.52. The van der Waals surface area contributed by atoms with E-state index in [0.29, 0.717) is 10.0 Å². The van der Waals surface area contributed by atoms with Crippen LogP contribution in [0.3, 0.4) is 0 Å². The number of oxime groups is 1. The predicted molar refractivity (Wildman–Crippen MR) is 123 cm³/mol. The number of hydrogen-bond donors (Lipinski definition) is 0. The van der Waals surface area contributed by atoms with Gasteiger partial charge in [-0.15, -0.1) is 11.3 Å². The fourth-order valence-corrected chi connectivity index (χ4v) is 4.89. The van der Waals surface area contributed by atoms with Crippen molar-refractivity contribution in [3.8, 4) is 0 Å². The first kappa shape index (κ1) is 20.6. The van der Waals surface area contributed by atoms with Gasteiger partial charge in [0.25, 0.3) is 0 Å². The first-order chi connectivity index (χ1) is 14.1. The van der Waals surface area contributed by atoms with Gasteiger partial charge in [-0.2, -0.15) is 0 Å². The minimum Gasteiger partial charge on any atom is -0.391 e. The van der Waals surface area contributed by atoms with Crippen LogP contribution in [0.25, 0.3) is 4.96 Å². The Kier molecular flexibility index (Phi) is 6.67. The number of thiazole rings is 1. The second-order valence-corrected chi connectivity index (χ2v) is 9.13. The molecule has 2 heterocycles. The van der Waals surface area contributed by atoms with E-state index in [1.165, 1.54) is 5.56 Å². The van der Waals surface area contributed by atoms with Crippen LogP contribution in [0.2, 0.25) is 15.1 Å². The maximum atomic E-state index is 6.17. The van der Waals surface area contributed by atoms with Crippen molar-refractivity contribution in [1.29, 1.82) is 0 Å². The summed E-state index contributed by atoms with van der Waals surface area (Å²) in [7, 11) is 0. The summed E-state index contributed by atoms with van der Waals surface area (Å²) >= 11 is 21.3. The Balaban J connectivity index is 1.47. The number of aromatic nitrogens is 2. The third-order valence-electron chi connectivity index (χ3n) is 4.04. The molecule has 0 aliphatic carbocycles. The largest absolute Gasteiger partial charge is 0.391 e. The summed E-state index contributed by atoms with van der Waals surface area (Å²) in [6.07, 6.45) is 3.65. The summed E-state index contributed by atoms with van der Waals surface area (Å²) < 4.78 is 2.00. The zero-order chi connectivity index (χ0) is 20.2. The number of fused-ring (bicyclic) bond motifs is 1. The first-order valence-corrected chi connectivity index (χ1v) is 11.5. The summed E-state index contributed by atoms with van der Waals surface area (Å²) in [6.45, 7) is 0.255. The lowest BCUT2D eigenvalue weighted by Crippen LogP contribution is -1.93. The molecule has 4 nitrogen and oxygen atoms in total. The van der Waals surface area contributed by atoms with Gasteiger partial charge in [0.1, 0.15) is 17.3 Å². The molecule has 29 heavy (non-hydrogen) atoms. The van der Waals surface area contributed by atoms with Crippen LogP contribution in [-0.4, -0.2) is 15.6 Å². The molecule has 4 aromatic rings. The van der Waals surface area contributed by atoms with Gasteiger partial charge in [-0.3, -0.25) is 4.40 Å². The van der Waals surface area contributed by atoms with Crippen molar-refractivity contribution in [2.45, 2.75) is 17.4 Å². The fraction of sp³-hybridized carbons (Fsp3) is 0.100. The van der Waals surface area contributed by atoms with Gasteiger partial charge in [0.05, 0.1) is 6.21 Å². The molecule has 0 aliphatic rings. The Bertz CT molecular complexity index is 1160. The molecule has 0 spiro atoms. The van der Waals surface area contributed by atoms with Crippen LogP contribution >= 0.6 is 57.9 Å². The minimum atomic E-state index is 0.255. The van der Waals surface area contributed by atoms with Crippen LogP contribution in [0.15, 0.2) is 64.2 Å². The average molecular weight is 483 g/mol. The van der Waals surface area contributed by atoms with Crippen molar-refractivity contribution in [2.75, 3.05) is 0 Å². The molecule has 148 valence electrons. The molecule has 0 atom stereocenters. The van der Waals surface area contributed by atoms with Crippen LogP contribution in [-0.2, 0) is 17.2 Å². The quantitative estimate of drug-likeness (QED) is 0.159. The summed E-state index contributed by atoms with van der Waals surface area (Å²) in [4.78, 5) is 11.1. The minimum absolute atomic E-state index is 0.255. The third-order valence-corrected chi connectivity index (χ3v) is 6.69. The van der Waals surface area contributed by atoms with E-state index in [1.807, 2.05) is 46.3 Å². The number of nitrogens with zero attached hydrogens (tertiary/aromatic N) is 3. The van der Waals surface area contributed by atoms with E-state index in [1.54, 1.807) is 41.4 Å². The zero-order valence-electron chi connectivity index (χ0n) is 14.9. The molecule has 9 heteroatoms. The van der Waals surface area contributed by atoms with Crippen molar-refractivity contribution in [3.63, 3.8) is 0 Å². The number of halogens is 3. The average Bonchev–Trinajstić information content (AvgIpc) is 3.28. The maximum absolute atomic E-state index is 6.17. The molecule has 0 radical (unpaired) electrons. The molecule has 0 bridgehead atoms. The van der Waals surface area contributed by atoms with Crippen molar-refractivity contribution >= 4 is 69.1 Å². The SMILES string of the molecule is Clc1ccc(CSc2nc3sccn3c2C=NOCc2ccc(Cl)cc2Cl)cc1. The van der Waals surface area contributed by atoms with Crippen molar-refractivity contribution in [2.24, 2.45) is 5.16 Å². The molecule has 2 aromatic heterocycles. The normalized spacial score (nSPS) is 11.6. The number of rotatable bonds is 7. The molecule has 0 saturated carbocycles. The number of thioether (sulfide) groups is 1. The summed E-state index contributed by atoms with van der Waals surface area (Å²) in [5.41, 5.74) is 2.87. The van der Waals surface area contributed by atoms with E-state index in [0.717, 1.165) is 32.0 Å². The fourth-order valence-electron chi connectivity index (χ4n) is 2.57. The summed E-state index contributed by atoms with van der Waals surface area (Å²) in [6, 6.07) is 13.1. The highest BCUT2D eigenvalue weighted by atomic mass is 35.5. The van der Waals surface area contributed by atoms with Crippen molar-refractivity contribution < 1.29 is 4.84 Å². The number of benzene rings is 2. The zero-order valence-corrected chi connectivity index (χ0v) is 18.8. The van der Waals surface area contributed by atoms with Gasteiger partial charge in [0.2, 0.25) is 0 Å². The standard InChI is InChI=1S/C20H14Cl3N3OS2/c21-15-4-1-13(2-5-15)12-29-19-18(26-7-8-28-20(26)25-19)10-24-27-11-14-3-6-16(22)9-17(14)23/h1-10H,11-12H2. The van der Waals surface area contributed by atoms with Gasteiger partial charge in [-0.25, -0.2) is 4.98 Å². The monoisotopic (exact) mass is 481 g/mol. The van der Waals surface area contributed by atoms with Gasteiger partial charge >= 0.3 is 0 Å². The van der Waals surface area contributed by atoms with E-state index in [-0.39, 0.29) is 6.61 Å². The second kappa shape index (κ2) is 9.41. The number of imidazole rings is 1. The Hall–Kier alpha value is -1.70. The Morgan fingerprint density at radius 3 is 2.69 bits per heavy atom. The lowest BCUT2D eigenvalue weighted by molar-refractivity contribution is 0.132. The lowest BCUT2D eigenvalue weighted by atomic mass is 10.2. The van der Waals surface area contributed by atoms with Crippen molar-refractivity contribution in [3.05, 3.63) is 85.9 Å². The molecule has 0 unspecified atom stereocenters. The van der Waals surface area contributed by atoms with Crippen LogP contribution in [0.4, 0.5) is 0 Å². The van der Waals surface area contributed by atoms with Crippen LogP contribution < -0.4 is 0 Å². The Morgan fingerprint density at radius 1 is 1.10 bits per heavy atom. The molecule has 4 rings (SSSR count). The number of hydrogen-bond acceptors (Lipinski definition) is 5. The molecule has 2 aromatic carbocycles. The molecule has 0 amide bonds. The van der Waals surface area contributed by atoms with Gasteiger partial charge in [-0.05, 0) is 29.8 Å². The molecule has 0 saturated heterocycles. The topological polar surface area (TPSA) is 38.9 Å². The van der Waals surface area contributed by atoms with Gasteiger partial charge in [0, 0.05) is 38.0 Å². The Labute approximate surface area is 191 Å². The smallest absolute Gasteiger partial charge is 0.195 e. The van der Waals surface area contributed by atoms with Crippen LogP contribution in [0, 0.1) is 0 Å². The lowest BCUT2D eigenvalue weighted by Gasteiger charge is -2.03. The summed E-state index contributed by atoms with van der Waals surface area (Å²) in [5.74, 6) is 0.782. The molecule has 0 aliphatic heterocycles. The molecular weight excluding hydrogens is 469 g/mol. The van der Waals surface area contributed by atoms with Gasteiger partial charge in [0.15, 0.2) is 4.96 Å². The van der Waals surface area contributed by atoms with E-state index >= 15 is 0 Å².